The molecule has 1 saturated carbocycles. The number of hydrogen-bond donors (Lipinski definition) is 2. The minimum Gasteiger partial charge on any atom is -0.477 e. The molecule has 4 atom stereocenters. The highest BCUT2D eigenvalue weighted by Crippen LogP contribution is 2.40. The molecule has 3 nitrogen and oxygen atoms in total. The first-order valence-electron chi connectivity index (χ1n) is 10.8. The number of hydrogen-bond acceptors (Lipinski definition) is 3. The molecule has 0 spiro atoms. The molecule has 0 bridgehead atoms. The fourth-order valence-corrected chi connectivity index (χ4v) is 5.53. The van der Waals surface area contributed by atoms with Gasteiger partial charge in [-0.05, 0) is 56.6 Å². The van der Waals surface area contributed by atoms with Crippen molar-refractivity contribution in [3.63, 3.8) is 0 Å². The van der Waals surface area contributed by atoms with Gasteiger partial charge in [-0.3, -0.25) is 0 Å². The van der Waals surface area contributed by atoms with Crippen molar-refractivity contribution >= 4 is 28.9 Å². The third kappa shape index (κ3) is 7.53. The molecule has 0 unspecified atom stereocenters. The standard InChI is InChI=1S/C23H35ClO3S/c1-2-3-4-5-6-7-8-9-12-19-18(20(24)16-21(19)25)13-10-11-17-14-15-22(28-17)23(26)27/h9,12,14-15,18-21,25H,2-8,10-11,13,16H2,1H3,(H,26,27)/t18-,19-,20-,21-/m1/s1. The van der Waals surface area contributed by atoms with Crippen LogP contribution in [-0.4, -0.2) is 27.7 Å². The van der Waals surface area contributed by atoms with Gasteiger partial charge in [0.15, 0.2) is 0 Å². The van der Waals surface area contributed by atoms with Crippen molar-refractivity contribution < 1.29 is 15.0 Å². The van der Waals surface area contributed by atoms with Gasteiger partial charge < -0.3 is 10.2 Å². The number of carboxylic acid groups (broad SMARTS) is 1. The Morgan fingerprint density at radius 3 is 2.68 bits per heavy atom. The van der Waals surface area contributed by atoms with E-state index < -0.39 is 5.97 Å². The van der Waals surface area contributed by atoms with Crippen LogP contribution in [0.1, 0.15) is 85.7 Å². The number of aliphatic hydroxyl groups excluding tert-OH is 1. The smallest absolute Gasteiger partial charge is 0.345 e. The molecule has 1 aromatic rings. The molecule has 1 heterocycles. The first-order valence-corrected chi connectivity index (χ1v) is 12.1. The van der Waals surface area contributed by atoms with Gasteiger partial charge in [0.25, 0.3) is 0 Å². The van der Waals surface area contributed by atoms with Crippen molar-refractivity contribution in [1.82, 2.24) is 0 Å². The van der Waals surface area contributed by atoms with Crippen LogP contribution in [-0.2, 0) is 6.42 Å². The molecule has 0 radical (unpaired) electrons. The summed E-state index contributed by atoms with van der Waals surface area (Å²) in [5, 5.41) is 19.5. The van der Waals surface area contributed by atoms with Gasteiger partial charge in [0.05, 0.1) is 6.10 Å². The Morgan fingerprint density at radius 2 is 1.96 bits per heavy atom. The van der Waals surface area contributed by atoms with Gasteiger partial charge in [0.2, 0.25) is 0 Å². The van der Waals surface area contributed by atoms with Crippen molar-refractivity contribution in [2.24, 2.45) is 11.8 Å². The average molecular weight is 427 g/mol. The van der Waals surface area contributed by atoms with Gasteiger partial charge in [-0.1, -0.05) is 51.2 Å². The molecule has 0 saturated heterocycles. The normalized spacial score (nSPS) is 25.0. The van der Waals surface area contributed by atoms with Crippen LogP contribution >= 0.6 is 22.9 Å². The number of aliphatic hydroxyl groups is 1. The molecule has 5 heteroatoms. The van der Waals surface area contributed by atoms with Gasteiger partial charge >= 0.3 is 5.97 Å². The SMILES string of the molecule is CCCCCCCCC=C[C@@H]1[C@@H](CCCc2ccc(C(=O)O)s2)[C@H](Cl)C[C@H]1O. The van der Waals surface area contributed by atoms with E-state index in [9.17, 15) is 9.90 Å². The fourth-order valence-electron chi connectivity index (χ4n) is 4.17. The second-order valence-electron chi connectivity index (χ2n) is 8.01. The number of alkyl halides is 1. The number of carboxylic acids is 1. The first kappa shape index (κ1) is 23.4. The van der Waals surface area contributed by atoms with Crippen LogP contribution in [0.5, 0.6) is 0 Å². The van der Waals surface area contributed by atoms with E-state index in [0.29, 0.717) is 17.2 Å². The van der Waals surface area contributed by atoms with Crippen LogP contribution in [0.25, 0.3) is 0 Å². The first-order chi connectivity index (χ1) is 13.5. The molecule has 158 valence electrons. The summed E-state index contributed by atoms with van der Waals surface area (Å²) in [6.07, 6.45) is 16.5. The van der Waals surface area contributed by atoms with E-state index in [4.69, 9.17) is 16.7 Å². The Kier molecular flexibility index (Phi) is 10.6. The zero-order valence-corrected chi connectivity index (χ0v) is 18.6. The van der Waals surface area contributed by atoms with Crippen molar-refractivity contribution in [3.05, 3.63) is 34.0 Å². The van der Waals surface area contributed by atoms with Crippen molar-refractivity contribution in [2.75, 3.05) is 0 Å². The summed E-state index contributed by atoms with van der Waals surface area (Å²) in [6.45, 7) is 2.24. The van der Waals surface area contributed by atoms with Crippen LogP contribution in [0.4, 0.5) is 0 Å². The number of aromatic carboxylic acids is 1. The van der Waals surface area contributed by atoms with E-state index in [1.165, 1.54) is 49.9 Å². The molecule has 0 amide bonds. The lowest BCUT2D eigenvalue weighted by atomic mass is 9.89. The van der Waals surface area contributed by atoms with E-state index in [2.05, 4.69) is 19.1 Å². The van der Waals surface area contributed by atoms with Gasteiger partial charge in [-0.2, -0.15) is 0 Å². The summed E-state index contributed by atoms with van der Waals surface area (Å²) < 4.78 is 0. The molecule has 1 aliphatic rings. The second-order valence-corrected chi connectivity index (χ2v) is 9.74. The summed E-state index contributed by atoms with van der Waals surface area (Å²) in [4.78, 5) is 12.5. The molecular weight excluding hydrogens is 392 g/mol. The van der Waals surface area contributed by atoms with Gasteiger partial charge in [-0.25, -0.2) is 4.79 Å². The predicted octanol–water partition coefficient (Wildman–Crippen LogP) is 6.68. The lowest BCUT2D eigenvalue weighted by molar-refractivity contribution is 0.0702. The van der Waals surface area contributed by atoms with Crippen molar-refractivity contribution in [2.45, 2.75) is 89.0 Å². The number of allylic oxidation sites excluding steroid dienone is 1. The molecule has 2 rings (SSSR count). The summed E-state index contributed by atoms with van der Waals surface area (Å²) >= 11 is 7.89. The zero-order valence-electron chi connectivity index (χ0n) is 17.0. The third-order valence-electron chi connectivity index (χ3n) is 5.79. The summed E-state index contributed by atoms with van der Waals surface area (Å²) in [5.74, 6) is -0.400. The van der Waals surface area contributed by atoms with Crippen LogP contribution < -0.4 is 0 Å². The van der Waals surface area contributed by atoms with Crippen LogP contribution in [0.2, 0.25) is 0 Å². The number of unbranched alkanes of at least 4 members (excludes halogenated alkanes) is 6. The molecule has 1 fully saturated rings. The minimum absolute atomic E-state index is 0.0246. The molecule has 0 aliphatic heterocycles. The summed E-state index contributed by atoms with van der Waals surface area (Å²) in [5.41, 5.74) is 0. The van der Waals surface area contributed by atoms with E-state index in [-0.39, 0.29) is 17.4 Å². The Bertz CT molecular complexity index is 613. The summed E-state index contributed by atoms with van der Waals surface area (Å²) in [7, 11) is 0. The van der Waals surface area contributed by atoms with Gasteiger partial charge in [-0.15, -0.1) is 22.9 Å². The fraction of sp³-hybridized carbons (Fsp3) is 0.696. The average Bonchev–Trinajstić information content (AvgIpc) is 3.23. The lowest BCUT2D eigenvalue weighted by Gasteiger charge is -2.20. The number of aryl methyl sites for hydroxylation is 1. The molecule has 1 aliphatic carbocycles. The molecule has 0 aromatic carbocycles. The van der Waals surface area contributed by atoms with Gasteiger partial charge in [0, 0.05) is 16.2 Å². The van der Waals surface area contributed by atoms with Crippen molar-refractivity contribution in [3.8, 4) is 0 Å². The molecule has 1 aromatic heterocycles. The predicted molar refractivity (Wildman–Crippen MR) is 119 cm³/mol. The van der Waals surface area contributed by atoms with Crippen molar-refractivity contribution in [1.29, 1.82) is 0 Å². The van der Waals surface area contributed by atoms with E-state index in [0.717, 1.165) is 30.6 Å². The second kappa shape index (κ2) is 12.7. The quantitative estimate of drug-likeness (QED) is 0.210. The highest BCUT2D eigenvalue weighted by atomic mass is 35.5. The van der Waals surface area contributed by atoms with E-state index in [1.54, 1.807) is 6.07 Å². The maximum atomic E-state index is 11.0. The van der Waals surface area contributed by atoms with Crippen LogP contribution in [0, 0.1) is 11.8 Å². The zero-order chi connectivity index (χ0) is 20.4. The number of carbonyl (C=O) groups is 1. The number of rotatable bonds is 13. The maximum absolute atomic E-state index is 11.0. The number of thiophene rings is 1. The Labute approximate surface area is 178 Å². The highest BCUT2D eigenvalue weighted by Gasteiger charge is 2.39. The minimum atomic E-state index is -0.855. The Morgan fingerprint density at radius 1 is 1.21 bits per heavy atom. The van der Waals surface area contributed by atoms with Gasteiger partial charge in [0.1, 0.15) is 4.88 Å². The topological polar surface area (TPSA) is 57.5 Å². The van der Waals surface area contributed by atoms with Crippen LogP contribution in [0.15, 0.2) is 24.3 Å². The van der Waals surface area contributed by atoms with E-state index >= 15 is 0 Å². The Balaban J connectivity index is 1.74. The summed E-state index contributed by atoms with van der Waals surface area (Å²) in [6, 6.07) is 3.59. The molecule has 2 N–H and O–H groups in total. The third-order valence-corrected chi connectivity index (χ3v) is 7.42. The number of halogens is 1. The lowest BCUT2D eigenvalue weighted by Crippen LogP contribution is -2.18. The van der Waals surface area contributed by atoms with E-state index in [1.807, 2.05) is 6.07 Å². The largest absolute Gasteiger partial charge is 0.477 e. The molecule has 28 heavy (non-hydrogen) atoms. The maximum Gasteiger partial charge on any atom is 0.345 e. The Hall–Kier alpha value is -0.840. The van der Waals surface area contributed by atoms with Crippen LogP contribution in [0.3, 0.4) is 0 Å². The molecular formula is C23H35ClO3S. The highest BCUT2D eigenvalue weighted by molar-refractivity contribution is 7.13. The monoisotopic (exact) mass is 426 g/mol.